The van der Waals surface area contributed by atoms with Crippen LogP contribution in [-0.4, -0.2) is 5.97 Å². The van der Waals surface area contributed by atoms with Gasteiger partial charge < -0.3 is 4.74 Å². The summed E-state index contributed by atoms with van der Waals surface area (Å²) < 4.78 is 5.00. The SMILES string of the molecule is CCc1cc(C)cc(OC(C)=O)c1. The molecule has 0 spiro atoms. The fraction of sp³-hybridized carbons (Fsp3) is 0.364. The number of hydrogen-bond donors (Lipinski definition) is 0. The van der Waals surface area contributed by atoms with Crippen LogP contribution in [0.5, 0.6) is 5.75 Å². The van der Waals surface area contributed by atoms with Crippen molar-refractivity contribution >= 4 is 5.97 Å². The quantitative estimate of drug-likeness (QED) is 0.513. The highest BCUT2D eigenvalue weighted by atomic mass is 16.5. The number of rotatable bonds is 2. The summed E-state index contributed by atoms with van der Waals surface area (Å²) in [6.45, 7) is 5.48. The van der Waals surface area contributed by atoms with E-state index >= 15 is 0 Å². The van der Waals surface area contributed by atoms with Crippen LogP contribution < -0.4 is 4.74 Å². The highest BCUT2D eigenvalue weighted by Gasteiger charge is 2.00. The van der Waals surface area contributed by atoms with Crippen molar-refractivity contribution < 1.29 is 9.53 Å². The summed E-state index contributed by atoms with van der Waals surface area (Å²) in [6.07, 6.45) is 0.954. The Balaban J connectivity index is 2.94. The average molecular weight is 178 g/mol. The number of carbonyl (C=O) groups is 1. The molecule has 1 rings (SSSR count). The van der Waals surface area contributed by atoms with Gasteiger partial charge in [-0.15, -0.1) is 0 Å². The van der Waals surface area contributed by atoms with Crippen LogP contribution in [0.15, 0.2) is 18.2 Å². The molecule has 2 heteroatoms. The van der Waals surface area contributed by atoms with Gasteiger partial charge in [-0.25, -0.2) is 0 Å². The van der Waals surface area contributed by atoms with Gasteiger partial charge in [0.05, 0.1) is 0 Å². The van der Waals surface area contributed by atoms with E-state index in [9.17, 15) is 4.79 Å². The molecule has 0 unspecified atom stereocenters. The molecule has 0 aliphatic rings. The minimum Gasteiger partial charge on any atom is -0.427 e. The highest BCUT2D eigenvalue weighted by molar-refractivity contribution is 5.69. The molecule has 0 bridgehead atoms. The second-order valence-corrected chi connectivity index (χ2v) is 3.10. The number of carbonyl (C=O) groups excluding carboxylic acids is 1. The summed E-state index contributed by atoms with van der Waals surface area (Å²) in [5.74, 6) is 0.372. The standard InChI is InChI=1S/C11H14O2/c1-4-10-5-8(2)6-11(7-10)13-9(3)12/h5-7H,4H2,1-3H3. The normalized spacial score (nSPS) is 9.77. The molecule has 13 heavy (non-hydrogen) atoms. The van der Waals surface area contributed by atoms with E-state index in [0.29, 0.717) is 5.75 Å². The second-order valence-electron chi connectivity index (χ2n) is 3.10. The van der Waals surface area contributed by atoms with Gasteiger partial charge in [-0.3, -0.25) is 4.79 Å². The minimum atomic E-state index is -0.271. The van der Waals surface area contributed by atoms with E-state index in [4.69, 9.17) is 4.74 Å². The zero-order valence-electron chi connectivity index (χ0n) is 8.26. The third-order valence-corrected chi connectivity index (χ3v) is 1.78. The first-order chi connectivity index (χ1) is 6.11. The molecular formula is C11H14O2. The molecule has 1 aromatic carbocycles. The van der Waals surface area contributed by atoms with Gasteiger partial charge in [-0.05, 0) is 36.6 Å². The van der Waals surface area contributed by atoms with Gasteiger partial charge in [0.25, 0.3) is 0 Å². The molecule has 0 radical (unpaired) electrons. The van der Waals surface area contributed by atoms with Gasteiger partial charge >= 0.3 is 5.97 Å². The molecular weight excluding hydrogens is 164 g/mol. The van der Waals surface area contributed by atoms with Crippen molar-refractivity contribution in [2.75, 3.05) is 0 Å². The number of ether oxygens (including phenoxy) is 1. The Morgan fingerprint density at radius 2 is 2.08 bits per heavy atom. The lowest BCUT2D eigenvalue weighted by atomic mass is 10.1. The Kier molecular flexibility index (Phi) is 3.07. The lowest BCUT2D eigenvalue weighted by Crippen LogP contribution is -2.01. The van der Waals surface area contributed by atoms with E-state index in [1.807, 2.05) is 19.1 Å². The maximum absolute atomic E-state index is 10.7. The minimum absolute atomic E-state index is 0.271. The molecule has 0 aliphatic carbocycles. The molecule has 0 atom stereocenters. The lowest BCUT2D eigenvalue weighted by Gasteiger charge is -2.05. The van der Waals surface area contributed by atoms with Gasteiger partial charge in [0.2, 0.25) is 0 Å². The number of aryl methyl sites for hydroxylation is 2. The number of hydrogen-bond acceptors (Lipinski definition) is 2. The Hall–Kier alpha value is -1.31. The fourth-order valence-electron chi connectivity index (χ4n) is 1.25. The van der Waals surface area contributed by atoms with Crippen LogP contribution in [0.25, 0.3) is 0 Å². The first kappa shape index (κ1) is 9.78. The summed E-state index contributed by atoms with van der Waals surface area (Å²) in [7, 11) is 0. The van der Waals surface area contributed by atoms with Crippen LogP contribution in [0.4, 0.5) is 0 Å². The third kappa shape index (κ3) is 2.90. The molecule has 0 aromatic heterocycles. The van der Waals surface area contributed by atoms with E-state index in [2.05, 4.69) is 13.0 Å². The summed E-state index contributed by atoms with van der Waals surface area (Å²) in [5.41, 5.74) is 2.31. The zero-order chi connectivity index (χ0) is 9.84. The molecule has 0 saturated carbocycles. The highest BCUT2D eigenvalue weighted by Crippen LogP contribution is 2.17. The van der Waals surface area contributed by atoms with Crippen LogP contribution in [0.3, 0.4) is 0 Å². The monoisotopic (exact) mass is 178 g/mol. The van der Waals surface area contributed by atoms with E-state index in [1.54, 1.807) is 0 Å². The molecule has 0 aliphatic heterocycles. The second kappa shape index (κ2) is 4.08. The van der Waals surface area contributed by atoms with Crippen LogP contribution in [0.2, 0.25) is 0 Å². The molecule has 0 heterocycles. The Labute approximate surface area is 78.5 Å². The number of esters is 1. The van der Waals surface area contributed by atoms with Gasteiger partial charge in [-0.1, -0.05) is 13.0 Å². The van der Waals surface area contributed by atoms with E-state index in [-0.39, 0.29) is 5.97 Å². The maximum atomic E-state index is 10.7. The predicted molar refractivity (Wildman–Crippen MR) is 51.9 cm³/mol. The molecule has 0 saturated heterocycles. The fourth-order valence-corrected chi connectivity index (χ4v) is 1.25. The molecule has 0 fully saturated rings. The number of benzene rings is 1. The smallest absolute Gasteiger partial charge is 0.308 e. The van der Waals surface area contributed by atoms with E-state index < -0.39 is 0 Å². The molecule has 70 valence electrons. The van der Waals surface area contributed by atoms with Gasteiger partial charge in [0.15, 0.2) is 0 Å². The Bertz CT molecular complexity index is 316. The van der Waals surface area contributed by atoms with Crippen LogP contribution in [0.1, 0.15) is 25.0 Å². The third-order valence-electron chi connectivity index (χ3n) is 1.78. The molecule has 2 nitrogen and oxygen atoms in total. The van der Waals surface area contributed by atoms with Crippen molar-refractivity contribution in [2.24, 2.45) is 0 Å². The van der Waals surface area contributed by atoms with Gasteiger partial charge in [0, 0.05) is 6.92 Å². The first-order valence-corrected chi connectivity index (χ1v) is 4.41. The Morgan fingerprint density at radius 1 is 1.38 bits per heavy atom. The predicted octanol–water partition coefficient (Wildman–Crippen LogP) is 2.48. The van der Waals surface area contributed by atoms with Crippen molar-refractivity contribution in [1.82, 2.24) is 0 Å². The molecule has 1 aromatic rings. The van der Waals surface area contributed by atoms with Crippen LogP contribution >= 0.6 is 0 Å². The van der Waals surface area contributed by atoms with Crippen molar-refractivity contribution in [3.05, 3.63) is 29.3 Å². The summed E-state index contributed by atoms with van der Waals surface area (Å²) in [5, 5.41) is 0. The summed E-state index contributed by atoms with van der Waals surface area (Å²) >= 11 is 0. The molecule has 0 N–H and O–H groups in total. The van der Waals surface area contributed by atoms with Crippen molar-refractivity contribution in [3.63, 3.8) is 0 Å². The maximum Gasteiger partial charge on any atom is 0.308 e. The van der Waals surface area contributed by atoms with E-state index in [1.165, 1.54) is 12.5 Å². The van der Waals surface area contributed by atoms with Crippen molar-refractivity contribution in [3.8, 4) is 5.75 Å². The summed E-state index contributed by atoms with van der Waals surface area (Å²) in [4.78, 5) is 10.7. The Morgan fingerprint density at radius 3 is 2.62 bits per heavy atom. The zero-order valence-corrected chi connectivity index (χ0v) is 8.26. The van der Waals surface area contributed by atoms with Crippen molar-refractivity contribution in [1.29, 1.82) is 0 Å². The van der Waals surface area contributed by atoms with Crippen LogP contribution in [-0.2, 0) is 11.2 Å². The topological polar surface area (TPSA) is 26.3 Å². The molecule has 0 amide bonds. The first-order valence-electron chi connectivity index (χ1n) is 4.41. The van der Waals surface area contributed by atoms with Gasteiger partial charge in [-0.2, -0.15) is 0 Å². The van der Waals surface area contributed by atoms with Gasteiger partial charge in [0.1, 0.15) is 5.75 Å². The lowest BCUT2D eigenvalue weighted by molar-refractivity contribution is -0.131. The van der Waals surface area contributed by atoms with E-state index in [0.717, 1.165) is 12.0 Å². The van der Waals surface area contributed by atoms with Crippen LogP contribution in [0, 0.1) is 6.92 Å². The average Bonchev–Trinajstić information content (AvgIpc) is 2.01. The largest absolute Gasteiger partial charge is 0.427 e. The summed E-state index contributed by atoms with van der Waals surface area (Å²) in [6, 6.07) is 5.85. The van der Waals surface area contributed by atoms with Crippen molar-refractivity contribution in [2.45, 2.75) is 27.2 Å².